The number of aryl methyl sites for hydroxylation is 1. The molecule has 16 heavy (non-hydrogen) atoms. The van der Waals surface area contributed by atoms with Gasteiger partial charge in [0, 0.05) is 32.0 Å². The van der Waals surface area contributed by atoms with Gasteiger partial charge in [0.25, 0.3) is 0 Å². The smallest absolute Gasteiger partial charge is 0.225 e. The molecule has 0 fully saturated rings. The van der Waals surface area contributed by atoms with E-state index in [-0.39, 0.29) is 0 Å². The Morgan fingerprint density at radius 3 is 2.94 bits per heavy atom. The van der Waals surface area contributed by atoms with Gasteiger partial charge in [-0.3, -0.25) is 0 Å². The normalized spacial score (nSPS) is 9.88. The molecule has 0 unspecified atom stereocenters. The lowest BCUT2D eigenvalue weighted by molar-refractivity contribution is 0.210. The monoisotopic (exact) mass is 222 g/mol. The van der Waals surface area contributed by atoms with Crippen LogP contribution in [-0.4, -0.2) is 36.8 Å². The molecule has 0 radical (unpaired) electrons. The van der Waals surface area contributed by atoms with Crippen LogP contribution in [0.3, 0.4) is 0 Å². The highest BCUT2D eigenvalue weighted by molar-refractivity contribution is 5.42. The zero-order valence-corrected chi connectivity index (χ0v) is 9.79. The van der Waals surface area contributed by atoms with Crippen molar-refractivity contribution in [2.45, 2.75) is 6.92 Å². The van der Waals surface area contributed by atoms with E-state index in [9.17, 15) is 0 Å². The molecule has 0 amide bonds. The molecular formula is C11H18N4O. The van der Waals surface area contributed by atoms with E-state index in [2.05, 4.69) is 27.2 Å². The van der Waals surface area contributed by atoms with Crippen LogP contribution in [0.25, 0.3) is 0 Å². The summed E-state index contributed by atoms with van der Waals surface area (Å²) in [5.41, 5.74) is 0.918. The van der Waals surface area contributed by atoms with Gasteiger partial charge in [-0.05, 0) is 6.92 Å². The van der Waals surface area contributed by atoms with E-state index < -0.39 is 0 Å². The molecular weight excluding hydrogens is 204 g/mol. The third kappa shape index (κ3) is 4.27. The van der Waals surface area contributed by atoms with Gasteiger partial charge in [-0.2, -0.15) is 4.98 Å². The Bertz CT molecular complexity index is 341. The number of hydrogen-bond acceptors (Lipinski definition) is 5. The molecule has 0 aliphatic carbocycles. The molecule has 5 nitrogen and oxygen atoms in total. The number of ether oxygens (including phenoxy) is 1. The van der Waals surface area contributed by atoms with Crippen molar-refractivity contribution in [3.05, 3.63) is 24.4 Å². The molecule has 5 heteroatoms. The largest absolute Gasteiger partial charge is 0.383 e. The summed E-state index contributed by atoms with van der Waals surface area (Å²) in [5, 5.41) is 6.22. The average Bonchev–Trinajstić information content (AvgIpc) is 2.26. The molecule has 2 N–H and O–H groups in total. The first-order chi connectivity index (χ1) is 7.76. The topological polar surface area (TPSA) is 59.1 Å². The Labute approximate surface area is 95.9 Å². The first-order valence-electron chi connectivity index (χ1n) is 5.19. The molecule has 1 aromatic rings. The van der Waals surface area contributed by atoms with Gasteiger partial charge in [0.05, 0.1) is 6.61 Å². The van der Waals surface area contributed by atoms with Gasteiger partial charge in [-0.15, -0.1) is 6.58 Å². The highest BCUT2D eigenvalue weighted by atomic mass is 16.5. The molecule has 0 atom stereocenters. The van der Waals surface area contributed by atoms with Crippen LogP contribution in [0.1, 0.15) is 5.69 Å². The van der Waals surface area contributed by atoms with E-state index in [0.29, 0.717) is 19.1 Å². The summed E-state index contributed by atoms with van der Waals surface area (Å²) in [6, 6.07) is 1.90. The number of rotatable bonds is 7. The van der Waals surface area contributed by atoms with Gasteiger partial charge in [-0.25, -0.2) is 4.98 Å². The molecule has 1 aromatic heterocycles. The van der Waals surface area contributed by atoms with Crippen LogP contribution in [-0.2, 0) is 4.74 Å². The van der Waals surface area contributed by atoms with Gasteiger partial charge in [0.2, 0.25) is 5.95 Å². The maximum Gasteiger partial charge on any atom is 0.225 e. The van der Waals surface area contributed by atoms with E-state index in [1.807, 2.05) is 13.0 Å². The summed E-state index contributed by atoms with van der Waals surface area (Å²) < 4.78 is 4.95. The minimum absolute atomic E-state index is 0.611. The Balaban J connectivity index is 2.61. The summed E-state index contributed by atoms with van der Waals surface area (Å²) in [7, 11) is 1.67. The molecule has 1 rings (SSSR count). The maximum absolute atomic E-state index is 4.95. The summed E-state index contributed by atoms with van der Waals surface area (Å²) in [6.45, 7) is 7.60. The number of aromatic nitrogens is 2. The molecule has 0 saturated heterocycles. The van der Waals surface area contributed by atoms with Crippen LogP contribution >= 0.6 is 0 Å². The first-order valence-corrected chi connectivity index (χ1v) is 5.19. The summed E-state index contributed by atoms with van der Waals surface area (Å²) in [4.78, 5) is 8.56. The molecule has 0 bridgehead atoms. The van der Waals surface area contributed by atoms with Crippen molar-refractivity contribution in [3.8, 4) is 0 Å². The van der Waals surface area contributed by atoms with Crippen molar-refractivity contribution >= 4 is 11.8 Å². The standard InChI is InChI=1S/C11H18N4O/c1-4-5-13-11-14-9(2)8-10(15-11)12-6-7-16-3/h4,8H,1,5-7H2,2-3H3,(H2,12,13,14,15). The van der Waals surface area contributed by atoms with Crippen molar-refractivity contribution in [1.29, 1.82) is 0 Å². The number of methoxy groups -OCH3 is 1. The predicted octanol–water partition coefficient (Wildman–Crippen LogP) is 1.44. The Kier molecular flexibility index (Phi) is 5.28. The number of nitrogens with zero attached hydrogens (tertiary/aromatic N) is 2. The highest BCUT2D eigenvalue weighted by Crippen LogP contribution is 2.08. The quantitative estimate of drug-likeness (QED) is 0.540. The average molecular weight is 222 g/mol. The number of hydrogen-bond donors (Lipinski definition) is 2. The van der Waals surface area contributed by atoms with Gasteiger partial charge < -0.3 is 15.4 Å². The zero-order valence-electron chi connectivity index (χ0n) is 9.79. The fourth-order valence-corrected chi connectivity index (χ4v) is 1.18. The van der Waals surface area contributed by atoms with E-state index in [0.717, 1.165) is 18.1 Å². The second kappa shape index (κ2) is 6.79. The van der Waals surface area contributed by atoms with Crippen LogP contribution < -0.4 is 10.6 Å². The summed E-state index contributed by atoms with van der Waals surface area (Å²) in [6.07, 6.45) is 1.77. The van der Waals surface area contributed by atoms with Gasteiger partial charge in [0.15, 0.2) is 0 Å². The van der Waals surface area contributed by atoms with Crippen molar-refractivity contribution in [1.82, 2.24) is 9.97 Å². The molecule has 1 heterocycles. The van der Waals surface area contributed by atoms with E-state index in [1.165, 1.54) is 0 Å². The van der Waals surface area contributed by atoms with Crippen molar-refractivity contribution in [3.63, 3.8) is 0 Å². The molecule has 0 aliphatic rings. The maximum atomic E-state index is 4.95. The summed E-state index contributed by atoms with van der Waals surface area (Å²) >= 11 is 0. The predicted molar refractivity (Wildman–Crippen MR) is 65.8 cm³/mol. The van der Waals surface area contributed by atoms with Crippen LogP contribution in [0.4, 0.5) is 11.8 Å². The van der Waals surface area contributed by atoms with Crippen molar-refractivity contribution in [2.75, 3.05) is 37.4 Å². The van der Waals surface area contributed by atoms with Crippen molar-refractivity contribution in [2.24, 2.45) is 0 Å². The second-order valence-electron chi connectivity index (χ2n) is 3.31. The van der Waals surface area contributed by atoms with Crippen LogP contribution in [0.15, 0.2) is 18.7 Å². The summed E-state index contributed by atoms with van der Waals surface area (Å²) in [5.74, 6) is 1.41. The second-order valence-corrected chi connectivity index (χ2v) is 3.31. The van der Waals surface area contributed by atoms with E-state index >= 15 is 0 Å². The van der Waals surface area contributed by atoms with Crippen LogP contribution in [0.2, 0.25) is 0 Å². The molecule has 0 saturated carbocycles. The first kappa shape index (κ1) is 12.4. The lowest BCUT2D eigenvalue weighted by Crippen LogP contribution is -2.11. The third-order valence-corrected chi connectivity index (χ3v) is 1.87. The molecule has 0 aliphatic heterocycles. The Morgan fingerprint density at radius 1 is 1.44 bits per heavy atom. The Morgan fingerprint density at radius 2 is 2.25 bits per heavy atom. The fraction of sp³-hybridized carbons (Fsp3) is 0.455. The minimum Gasteiger partial charge on any atom is -0.383 e. The van der Waals surface area contributed by atoms with Gasteiger partial charge in [0.1, 0.15) is 5.82 Å². The van der Waals surface area contributed by atoms with Gasteiger partial charge in [-0.1, -0.05) is 6.08 Å². The number of anilines is 2. The highest BCUT2D eigenvalue weighted by Gasteiger charge is 2.00. The SMILES string of the molecule is C=CCNc1nc(C)cc(NCCOC)n1. The van der Waals surface area contributed by atoms with Gasteiger partial charge >= 0.3 is 0 Å². The molecule has 0 aromatic carbocycles. The lowest BCUT2D eigenvalue weighted by atomic mass is 10.4. The Hall–Kier alpha value is -1.62. The van der Waals surface area contributed by atoms with Crippen LogP contribution in [0.5, 0.6) is 0 Å². The molecule has 0 spiro atoms. The van der Waals surface area contributed by atoms with E-state index in [4.69, 9.17) is 4.74 Å². The van der Waals surface area contributed by atoms with Crippen LogP contribution in [0, 0.1) is 6.92 Å². The fourth-order valence-electron chi connectivity index (χ4n) is 1.18. The molecule has 88 valence electrons. The lowest BCUT2D eigenvalue weighted by Gasteiger charge is -2.08. The van der Waals surface area contributed by atoms with E-state index in [1.54, 1.807) is 13.2 Å². The zero-order chi connectivity index (χ0) is 11.8. The number of nitrogens with one attached hydrogen (secondary N) is 2. The minimum atomic E-state index is 0.611. The third-order valence-electron chi connectivity index (χ3n) is 1.87. The van der Waals surface area contributed by atoms with Crippen molar-refractivity contribution < 1.29 is 4.74 Å².